The van der Waals surface area contributed by atoms with Gasteiger partial charge in [-0.3, -0.25) is 0 Å². The first-order valence-corrected chi connectivity index (χ1v) is 6.45. The van der Waals surface area contributed by atoms with Crippen molar-refractivity contribution in [2.75, 3.05) is 7.05 Å². The maximum absolute atomic E-state index is 4.04. The summed E-state index contributed by atoms with van der Waals surface area (Å²) in [5.41, 5.74) is 6.80. The fourth-order valence-electron chi connectivity index (χ4n) is 2.17. The molecule has 0 aliphatic carbocycles. The van der Waals surface area contributed by atoms with Crippen LogP contribution in [-0.2, 0) is 6.54 Å². The van der Waals surface area contributed by atoms with E-state index in [1.807, 2.05) is 13.0 Å². The van der Waals surface area contributed by atoms with E-state index >= 15 is 0 Å². The Bertz CT molecular complexity index is 502. The molecule has 0 spiro atoms. The lowest BCUT2D eigenvalue weighted by atomic mass is 10.00. The van der Waals surface area contributed by atoms with E-state index in [-0.39, 0.29) is 0 Å². The van der Waals surface area contributed by atoms with Crippen LogP contribution >= 0.6 is 0 Å². The number of nitrogens with zero attached hydrogens (tertiary/aromatic N) is 2. The molecule has 3 nitrogen and oxygen atoms in total. The van der Waals surface area contributed by atoms with Gasteiger partial charge in [-0.05, 0) is 44.4 Å². The number of benzene rings is 1. The van der Waals surface area contributed by atoms with Gasteiger partial charge in [-0.2, -0.15) is 10.2 Å². The second-order valence-corrected chi connectivity index (χ2v) is 4.68. The Morgan fingerprint density at radius 2 is 1.84 bits per heavy atom. The molecule has 0 bridgehead atoms. The standard InChI is InChI=1S/C16H23N3/c1-7-16(19-17-6)14(5)18-10-15-12(3)8-11(2)9-13(15)4/h7-9,18H,5,10H2,1-4,6H3/b16-7-,19-17?. The second-order valence-electron chi connectivity index (χ2n) is 4.68. The predicted octanol–water partition coefficient (Wildman–Crippen LogP) is 4.20. The molecule has 1 rings (SSSR count). The number of allylic oxidation sites excluding steroid dienone is 1. The van der Waals surface area contributed by atoms with Gasteiger partial charge in [-0.15, -0.1) is 0 Å². The summed E-state index contributed by atoms with van der Waals surface area (Å²) < 4.78 is 0. The van der Waals surface area contributed by atoms with Gasteiger partial charge in [0, 0.05) is 13.6 Å². The topological polar surface area (TPSA) is 36.8 Å². The highest BCUT2D eigenvalue weighted by molar-refractivity contribution is 5.38. The minimum Gasteiger partial charge on any atom is -0.380 e. The molecule has 0 saturated heterocycles. The van der Waals surface area contributed by atoms with Crippen LogP contribution in [0.15, 0.2) is 46.4 Å². The Morgan fingerprint density at radius 3 is 2.32 bits per heavy atom. The van der Waals surface area contributed by atoms with E-state index in [4.69, 9.17) is 0 Å². The van der Waals surface area contributed by atoms with E-state index in [0.29, 0.717) is 0 Å². The van der Waals surface area contributed by atoms with Crippen LogP contribution in [0.25, 0.3) is 0 Å². The Hall–Kier alpha value is -1.90. The van der Waals surface area contributed by atoms with Gasteiger partial charge in [0.25, 0.3) is 0 Å². The molecular formula is C16H23N3. The van der Waals surface area contributed by atoms with Gasteiger partial charge in [-0.1, -0.05) is 30.4 Å². The normalized spacial score (nSPS) is 11.9. The minimum absolute atomic E-state index is 0.757. The van der Waals surface area contributed by atoms with Crippen molar-refractivity contribution in [2.24, 2.45) is 10.2 Å². The maximum Gasteiger partial charge on any atom is 0.103 e. The van der Waals surface area contributed by atoms with E-state index in [1.54, 1.807) is 7.05 Å². The van der Waals surface area contributed by atoms with Gasteiger partial charge < -0.3 is 5.32 Å². The average Bonchev–Trinajstić information content (AvgIpc) is 2.34. The second kappa shape index (κ2) is 6.88. The van der Waals surface area contributed by atoms with Crippen molar-refractivity contribution >= 4 is 0 Å². The molecule has 0 radical (unpaired) electrons. The molecule has 0 saturated carbocycles. The van der Waals surface area contributed by atoms with Crippen LogP contribution < -0.4 is 5.32 Å². The van der Waals surface area contributed by atoms with Gasteiger partial charge in [-0.25, -0.2) is 0 Å². The molecule has 0 aromatic heterocycles. The first-order valence-electron chi connectivity index (χ1n) is 6.45. The first kappa shape index (κ1) is 15.2. The Kier molecular flexibility index (Phi) is 5.49. The molecule has 19 heavy (non-hydrogen) atoms. The quantitative estimate of drug-likeness (QED) is 0.623. The zero-order valence-corrected chi connectivity index (χ0v) is 12.5. The minimum atomic E-state index is 0.757. The van der Waals surface area contributed by atoms with Crippen molar-refractivity contribution in [3.8, 4) is 0 Å². The zero-order valence-electron chi connectivity index (χ0n) is 12.5. The lowest BCUT2D eigenvalue weighted by molar-refractivity contribution is 0.801. The summed E-state index contributed by atoms with van der Waals surface area (Å²) in [6, 6.07) is 4.41. The van der Waals surface area contributed by atoms with Gasteiger partial charge in [0.15, 0.2) is 0 Å². The average molecular weight is 257 g/mol. The van der Waals surface area contributed by atoms with Gasteiger partial charge >= 0.3 is 0 Å². The predicted molar refractivity (Wildman–Crippen MR) is 81.2 cm³/mol. The number of nitrogens with one attached hydrogen (secondary N) is 1. The Labute approximate surface area is 116 Å². The number of hydrogen-bond acceptors (Lipinski definition) is 3. The Morgan fingerprint density at radius 1 is 1.26 bits per heavy atom. The summed E-state index contributed by atoms with van der Waals surface area (Å²) in [6.07, 6.45) is 1.90. The molecule has 0 aliphatic rings. The molecule has 0 atom stereocenters. The highest BCUT2D eigenvalue weighted by atomic mass is 15.1. The lowest BCUT2D eigenvalue weighted by Crippen LogP contribution is -2.15. The fourth-order valence-corrected chi connectivity index (χ4v) is 2.17. The molecule has 3 heteroatoms. The molecule has 0 unspecified atom stereocenters. The van der Waals surface area contributed by atoms with Crippen molar-refractivity contribution < 1.29 is 0 Å². The SMILES string of the molecule is C=C(NCc1c(C)cc(C)cc1C)/C(=C/C)N=NC. The van der Waals surface area contributed by atoms with Crippen LogP contribution in [0, 0.1) is 20.8 Å². The third-order valence-electron chi connectivity index (χ3n) is 3.11. The number of aryl methyl sites for hydroxylation is 3. The molecule has 0 heterocycles. The molecule has 0 aliphatic heterocycles. The van der Waals surface area contributed by atoms with Gasteiger partial charge in [0.05, 0.1) is 5.70 Å². The van der Waals surface area contributed by atoms with Crippen molar-refractivity contribution in [2.45, 2.75) is 34.2 Å². The molecule has 0 amide bonds. The maximum atomic E-state index is 4.04. The lowest BCUT2D eigenvalue weighted by Gasteiger charge is -2.14. The summed E-state index contributed by atoms with van der Waals surface area (Å²) in [6.45, 7) is 13.1. The van der Waals surface area contributed by atoms with E-state index in [1.165, 1.54) is 22.3 Å². The zero-order chi connectivity index (χ0) is 14.4. The number of rotatable bonds is 5. The van der Waals surface area contributed by atoms with Crippen molar-refractivity contribution in [1.29, 1.82) is 0 Å². The van der Waals surface area contributed by atoms with E-state index in [0.717, 1.165) is 17.9 Å². The molecule has 0 fully saturated rings. The third-order valence-corrected chi connectivity index (χ3v) is 3.11. The molecular weight excluding hydrogens is 234 g/mol. The third kappa shape index (κ3) is 4.05. The smallest absolute Gasteiger partial charge is 0.103 e. The number of azo groups is 1. The fraction of sp³-hybridized carbons (Fsp3) is 0.375. The van der Waals surface area contributed by atoms with Crippen molar-refractivity contribution in [3.05, 3.63) is 58.4 Å². The highest BCUT2D eigenvalue weighted by Gasteiger charge is 2.05. The van der Waals surface area contributed by atoms with E-state index < -0.39 is 0 Å². The van der Waals surface area contributed by atoms with Gasteiger partial charge in [0.1, 0.15) is 5.70 Å². The monoisotopic (exact) mass is 257 g/mol. The largest absolute Gasteiger partial charge is 0.380 e. The van der Waals surface area contributed by atoms with E-state index in [2.05, 4.69) is 55.0 Å². The summed E-state index contributed by atoms with van der Waals surface area (Å²) in [7, 11) is 1.66. The van der Waals surface area contributed by atoms with Crippen LogP contribution in [0.2, 0.25) is 0 Å². The van der Waals surface area contributed by atoms with E-state index in [9.17, 15) is 0 Å². The highest BCUT2D eigenvalue weighted by Crippen LogP contribution is 2.17. The molecule has 1 aromatic rings. The Balaban J connectivity index is 2.81. The summed E-state index contributed by atoms with van der Waals surface area (Å²) in [4.78, 5) is 0. The summed E-state index contributed by atoms with van der Waals surface area (Å²) in [5.74, 6) is 0. The summed E-state index contributed by atoms with van der Waals surface area (Å²) >= 11 is 0. The van der Waals surface area contributed by atoms with Crippen LogP contribution in [0.5, 0.6) is 0 Å². The molecule has 102 valence electrons. The first-order chi connectivity index (χ1) is 8.99. The van der Waals surface area contributed by atoms with Gasteiger partial charge in [0.2, 0.25) is 0 Å². The summed E-state index contributed by atoms with van der Waals surface area (Å²) in [5, 5.41) is 11.1. The van der Waals surface area contributed by atoms with Crippen molar-refractivity contribution in [1.82, 2.24) is 5.32 Å². The molecule has 1 N–H and O–H groups in total. The number of hydrogen-bond donors (Lipinski definition) is 1. The molecule has 1 aromatic carbocycles. The van der Waals surface area contributed by atoms with Crippen LogP contribution in [0.4, 0.5) is 0 Å². The van der Waals surface area contributed by atoms with Crippen LogP contribution in [0.1, 0.15) is 29.2 Å². The van der Waals surface area contributed by atoms with Crippen LogP contribution in [-0.4, -0.2) is 7.05 Å². The van der Waals surface area contributed by atoms with Crippen molar-refractivity contribution in [3.63, 3.8) is 0 Å². The van der Waals surface area contributed by atoms with Crippen LogP contribution in [0.3, 0.4) is 0 Å².